The average Bonchev–Trinajstić information content (AvgIpc) is 2.44. The lowest BCUT2D eigenvalue weighted by atomic mass is 10.1. The zero-order chi connectivity index (χ0) is 15.0. The van der Waals surface area contributed by atoms with E-state index in [1.807, 2.05) is 0 Å². The minimum Gasteiger partial charge on any atom is -0.497 e. The van der Waals surface area contributed by atoms with E-state index in [1.165, 1.54) is 13.2 Å². The Hall–Kier alpha value is -2.50. The van der Waals surface area contributed by atoms with Gasteiger partial charge in [-0.05, 0) is 18.2 Å². The number of carboxylic acid groups (broad SMARTS) is 1. The van der Waals surface area contributed by atoms with Gasteiger partial charge in [0, 0.05) is 24.3 Å². The van der Waals surface area contributed by atoms with Gasteiger partial charge in [-0.25, -0.2) is 0 Å². The number of carboxylic acids is 1. The highest BCUT2D eigenvalue weighted by molar-refractivity contribution is 5.92. The lowest BCUT2D eigenvalue weighted by Crippen LogP contribution is -2.23. The van der Waals surface area contributed by atoms with Crippen molar-refractivity contribution < 1.29 is 24.2 Å². The third-order valence-electron chi connectivity index (χ3n) is 2.49. The summed E-state index contributed by atoms with van der Waals surface area (Å²) in [5.41, 5.74) is 0.724. The lowest BCUT2D eigenvalue weighted by Gasteiger charge is -2.07. The highest BCUT2D eigenvalue weighted by Gasteiger charge is 2.03. The Morgan fingerprint density at radius 3 is 2.65 bits per heavy atom. The van der Waals surface area contributed by atoms with E-state index in [1.54, 1.807) is 31.4 Å². The Kier molecular flexibility index (Phi) is 6.09. The highest BCUT2D eigenvalue weighted by Crippen LogP contribution is 2.25. The van der Waals surface area contributed by atoms with Crippen molar-refractivity contribution >= 4 is 18.0 Å². The fourth-order valence-electron chi connectivity index (χ4n) is 1.47. The van der Waals surface area contributed by atoms with Gasteiger partial charge in [0.15, 0.2) is 0 Å². The Morgan fingerprint density at radius 2 is 2.05 bits per heavy atom. The molecule has 1 aromatic rings. The van der Waals surface area contributed by atoms with Crippen molar-refractivity contribution in [2.45, 2.75) is 6.42 Å². The van der Waals surface area contributed by atoms with Gasteiger partial charge in [-0.15, -0.1) is 0 Å². The summed E-state index contributed by atoms with van der Waals surface area (Å²) in [5, 5.41) is 10.9. The second-order valence-corrected chi connectivity index (χ2v) is 3.88. The molecule has 1 aromatic carbocycles. The largest absolute Gasteiger partial charge is 0.497 e. The van der Waals surface area contributed by atoms with Crippen LogP contribution in [0.25, 0.3) is 6.08 Å². The second kappa shape index (κ2) is 7.83. The fraction of sp³-hybridized carbons (Fsp3) is 0.286. The summed E-state index contributed by atoms with van der Waals surface area (Å²) in [6, 6.07) is 5.23. The summed E-state index contributed by atoms with van der Waals surface area (Å²) in [6.07, 6.45) is 2.81. The Balaban J connectivity index is 2.65. The van der Waals surface area contributed by atoms with Crippen LogP contribution in [0.5, 0.6) is 11.5 Å². The molecule has 1 rings (SSSR count). The van der Waals surface area contributed by atoms with Gasteiger partial charge in [0.1, 0.15) is 11.5 Å². The summed E-state index contributed by atoms with van der Waals surface area (Å²) in [4.78, 5) is 21.8. The van der Waals surface area contributed by atoms with Crippen LogP contribution < -0.4 is 14.8 Å². The Morgan fingerprint density at radius 1 is 1.30 bits per heavy atom. The van der Waals surface area contributed by atoms with E-state index in [4.69, 9.17) is 14.6 Å². The van der Waals surface area contributed by atoms with Crippen molar-refractivity contribution in [1.82, 2.24) is 5.32 Å². The average molecular weight is 279 g/mol. The lowest BCUT2D eigenvalue weighted by molar-refractivity contribution is -0.136. The minimum atomic E-state index is -0.953. The molecule has 0 heterocycles. The SMILES string of the molecule is COc1ccc(/C=C/C(=O)NCCC(=O)O)c(OC)c1. The van der Waals surface area contributed by atoms with Gasteiger partial charge in [0.25, 0.3) is 0 Å². The predicted molar refractivity (Wildman–Crippen MR) is 73.8 cm³/mol. The first kappa shape index (κ1) is 15.6. The summed E-state index contributed by atoms with van der Waals surface area (Å²) >= 11 is 0. The second-order valence-electron chi connectivity index (χ2n) is 3.88. The summed E-state index contributed by atoms with van der Waals surface area (Å²) < 4.78 is 10.3. The molecule has 0 fully saturated rings. The number of carbonyl (C=O) groups excluding carboxylic acids is 1. The van der Waals surface area contributed by atoms with Crippen LogP contribution in [0.3, 0.4) is 0 Å². The molecule has 20 heavy (non-hydrogen) atoms. The van der Waals surface area contributed by atoms with Crippen LogP contribution in [0.4, 0.5) is 0 Å². The molecule has 6 nitrogen and oxygen atoms in total. The first-order valence-corrected chi connectivity index (χ1v) is 5.96. The predicted octanol–water partition coefficient (Wildman–Crippen LogP) is 1.31. The fourth-order valence-corrected chi connectivity index (χ4v) is 1.47. The van der Waals surface area contributed by atoms with Gasteiger partial charge in [0.05, 0.1) is 20.6 Å². The van der Waals surface area contributed by atoms with Crippen molar-refractivity contribution in [3.63, 3.8) is 0 Å². The molecule has 0 aliphatic carbocycles. The number of aliphatic carboxylic acids is 1. The van der Waals surface area contributed by atoms with E-state index in [-0.39, 0.29) is 18.9 Å². The van der Waals surface area contributed by atoms with Crippen LogP contribution in [0, 0.1) is 0 Å². The van der Waals surface area contributed by atoms with Crippen LogP contribution in [0.1, 0.15) is 12.0 Å². The number of methoxy groups -OCH3 is 2. The molecule has 0 aliphatic heterocycles. The third-order valence-corrected chi connectivity index (χ3v) is 2.49. The number of amides is 1. The molecule has 1 amide bonds. The third kappa shape index (κ3) is 5.01. The maximum absolute atomic E-state index is 11.5. The van der Waals surface area contributed by atoms with Crippen LogP contribution in [-0.4, -0.2) is 37.7 Å². The number of ether oxygens (including phenoxy) is 2. The van der Waals surface area contributed by atoms with Gasteiger partial charge < -0.3 is 19.9 Å². The van der Waals surface area contributed by atoms with E-state index in [9.17, 15) is 9.59 Å². The maximum Gasteiger partial charge on any atom is 0.305 e. The molecule has 0 radical (unpaired) electrons. The van der Waals surface area contributed by atoms with Gasteiger partial charge >= 0.3 is 5.97 Å². The molecular formula is C14H17NO5. The van der Waals surface area contributed by atoms with Crippen molar-refractivity contribution in [2.24, 2.45) is 0 Å². The van der Waals surface area contributed by atoms with Crippen LogP contribution in [0.2, 0.25) is 0 Å². The number of hydrogen-bond acceptors (Lipinski definition) is 4. The first-order chi connectivity index (χ1) is 9.56. The zero-order valence-corrected chi connectivity index (χ0v) is 11.4. The molecular weight excluding hydrogens is 262 g/mol. The Bertz CT molecular complexity index is 510. The molecule has 0 unspecified atom stereocenters. The summed E-state index contributed by atoms with van der Waals surface area (Å²) in [6.45, 7) is 0.0955. The molecule has 0 aliphatic rings. The van der Waals surface area contributed by atoms with Gasteiger partial charge in [0.2, 0.25) is 5.91 Å². The molecule has 0 saturated carbocycles. The van der Waals surface area contributed by atoms with Crippen molar-refractivity contribution in [3.05, 3.63) is 29.8 Å². The number of carbonyl (C=O) groups is 2. The molecule has 0 bridgehead atoms. The number of benzene rings is 1. The van der Waals surface area contributed by atoms with Crippen molar-refractivity contribution in [1.29, 1.82) is 0 Å². The monoisotopic (exact) mass is 279 g/mol. The number of rotatable bonds is 7. The van der Waals surface area contributed by atoms with Crippen LogP contribution in [0.15, 0.2) is 24.3 Å². The Labute approximate surface area is 117 Å². The summed E-state index contributed by atoms with van der Waals surface area (Å²) in [5.74, 6) is -0.0703. The van der Waals surface area contributed by atoms with Crippen LogP contribution in [-0.2, 0) is 9.59 Å². The van der Waals surface area contributed by atoms with Gasteiger partial charge in [-0.2, -0.15) is 0 Å². The van der Waals surface area contributed by atoms with E-state index in [0.717, 1.165) is 5.56 Å². The van der Waals surface area contributed by atoms with Crippen LogP contribution >= 0.6 is 0 Å². The van der Waals surface area contributed by atoms with E-state index in [0.29, 0.717) is 11.5 Å². The van der Waals surface area contributed by atoms with E-state index >= 15 is 0 Å². The first-order valence-electron chi connectivity index (χ1n) is 5.96. The number of nitrogens with one attached hydrogen (secondary N) is 1. The topological polar surface area (TPSA) is 84.9 Å². The summed E-state index contributed by atoms with van der Waals surface area (Å²) in [7, 11) is 3.08. The number of hydrogen-bond donors (Lipinski definition) is 2. The van der Waals surface area contributed by atoms with Gasteiger partial charge in [-0.3, -0.25) is 9.59 Å². The molecule has 0 aromatic heterocycles. The molecule has 0 spiro atoms. The minimum absolute atomic E-state index is 0.0955. The normalized spacial score (nSPS) is 10.3. The van der Waals surface area contributed by atoms with Crippen molar-refractivity contribution in [3.8, 4) is 11.5 Å². The quantitative estimate of drug-likeness (QED) is 0.735. The smallest absolute Gasteiger partial charge is 0.305 e. The molecule has 0 saturated heterocycles. The highest BCUT2D eigenvalue weighted by atomic mass is 16.5. The van der Waals surface area contributed by atoms with Gasteiger partial charge in [-0.1, -0.05) is 0 Å². The van der Waals surface area contributed by atoms with Crippen molar-refractivity contribution in [2.75, 3.05) is 20.8 Å². The zero-order valence-electron chi connectivity index (χ0n) is 11.4. The van der Waals surface area contributed by atoms with E-state index < -0.39 is 5.97 Å². The molecule has 0 atom stereocenters. The molecule has 2 N–H and O–H groups in total. The molecule has 6 heteroatoms. The maximum atomic E-state index is 11.5. The van der Waals surface area contributed by atoms with E-state index in [2.05, 4.69) is 5.32 Å². The molecule has 108 valence electrons. The standard InChI is InChI=1S/C14H17NO5/c1-19-11-5-3-10(12(9-11)20-2)4-6-13(16)15-8-7-14(17)18/h3-6,9H,7-8H2,1-2H3,(H,15,16)(H,17,18)/b6-4+.